The van der Waals surface area contributed by atoms with Crippen molar-refractivity contribution in [3.05, 3.63) is 52.9 Å². The van der Waals surface area contributed by atoms with Gasteiger partial charge in [-0.1, -0.05) is 24.2 Å². The van der Waals surface area contributed by atoms with E-state index in [4.69, 9.17) is 18.7 Å². The summed E-state index contributed by atoms with van der Waals surface area (Å²) in [7, 11) is 1.54. The van der Waals surface area contributed by atoms with E-state index in [2.05, 4.69) is 24.2 Å². The van der Waals surface area contributed by atoms with E-state index in [-0.39, 0.29) is 5.97 Å². The third kappa shape index (κ3) is 4.55. The number of carbonyl (C=O) groups is 1. The lowest BCUT2D eigenvalue weighted by molar-refractivity contribution is 0.0395. The van der Waals surface area contributed by atoms with Crippen LogP contribution in [-0.4, -0.2) is 24.8 Å². The van der Waals surface area contributed by atoms with E-state index in [1.54, 1.807) is 25.3 Å². The zero-order valence-electron chi connectivity index (χ0n) is 16.9. The molecule has 2 unspecified atom stereocenters. The molecule has 0 aliphatic heterocycles. The highest BCUT2D eigenvalue weighted by Crippen LogP contribution is 2.30. The number of methoxy groups -OCH3 is 1. The second-order valence-corrected chi connectivity index (χ2v) is 7.24. The molecule has 0 N–H and O–H groups in total. The molecule has 28 heavy (non-hydrogen) atoms. The molecule has 0 saturated carbocycles. The number of rotatable bonds is 7. The Bertz CT molecular complexity index is 835. The molecule has 0 bridgehead atoms. The minimum absolute atomic E-state index is 0.314. The predicted octanol–water partition coefficient (Wildman–Crippen LogP) is 4.64. The summed E-state index contributed by atoms with van der Waals surface area (Å²) < 4.78 is 21.9. The summed E-state index contributed by atoms with van der Waals surface area (Å²) in [6.45, 7) is 6.65. The summed E-state index contributed by atoms with van der Waals surface area (Å²) in [5, 5.41) is 3.92. The third-order valence-electron chi connectivity index (χ3n) is 5.30. The first kappa shape index (κ1) is 20.0. The van der Waals surface area contributed by atoms with Gasteiger partial charge < -0.3 is 18.7 Å². The first-order valence-electron chi connectivity index (χ1n) is 9.54. The van der Waals surface area contributed by atoms with Crippen molar-refractivity contribution in [2.45, 2.75) is 40.2 Å². The first-order chi connectivity index (χ1) is 13.5. The Kier molecular flexibility index (Phi) is 6.39. The molecule has 2 aromatic rings. The van der Waals surface area contributed by atoms with Crippen LogP contribution < -0.4 is 9.47 Å². The molecule has 3 rings (SSSR count). The highest BCUT2D eigenvalue weighted by molar-refractivity contribution is 5.90. The lowest BCUT2D eigenvalue weighted by atomic mass is 9.85. The Hall–Kier alpha value is -2.76. The summed E-state index contributed by atoms with van der Waals surface area (Å²) in [5.74, 6) is 2.29. The summed E-state index contributed by atoms with van der Waals surface area (Å²) in [5.41, 5.74) is 2.14. The Labute approximate surface area is 165 Å². The van der Waals surface area contributed by atoms with Crippen LogP contribution in [0.25, 0.3) is 0 Å². The fourth-order valence-electron chi connectivity index (χ4n) is 3.28. The fourth-order valence-corrected chi connectivity index (χ4v) is 3.28. The number of allylic oxidation sites excluding steroid dienone is 2. The van der Waals surface area contributed by atoms with Crippen molar-refractivity contribution in [1.82, 2.24) is 5.16 Å². The number of nitrogens with zero attached hydrogens (tertiary/aromatic N) is 1. The molecule has 6 nitrogen and oxygen atoms in total. The molecule has 1 aromatic heterocycles. The zero-order valence-corrected chi connectivity index (χ0v) is 16.9. The molecule has 0 amide bonds. The number of esters is 1. The minimum Gasteiger partial charge on any atom is -0.493 e. The molecule has 2 atom stereocenters. The van der Waals surface area contributed by atoms with E-state index in [1.807, 2.05) is 13.8 Å². The molecular formula is C22H27NO5. The maximum Gasteiger partial charge on any atom is 0.338 e. The molecule has 150 valence electrons. The molecule has 0 fully saturated rings. The number of ether oxygens (including phenoxy) is 3. The molecule has 0 radical (unpaired) electrons. The first-order valence-corrected chi connectivity index (χ1v) is 9.54. The zero-order chi connectivity index (χ0) is 20.1. The Morgan fingerprint density at radius 3 is 2.68 bits per heavy atom. The summed E-state index contributed by atoms with van der Waals surface area (Å²) in [6, 6.07) is 5.06. The molecular weight excluding hydrogens is 358 g/mol. The summed E-state index contributed by atoms with van der Waals surface area (Å²) in [4.78, 5) is 12.5. The average molecular weight is 385 g/mol. The van der Waals surface area contributed by atoms with Crippen molar-refractivity contribution in [3.8, 4) is 11.5 Å². The van der Waals surface area contributed by atoms with Crippen molar-refractivity contribution in [3.63, 3.8) is 0 Å². The van der Waals surface area contributed by atoms with Crippen molar-refractivity contribution in [1.29, 1.82) is 0 Å². The van der Waals surface area contributed by atoms with Crippen LogP contribution in [0.3, 0.4) is 0 Å². The highest BCUT2D eigenvalue weighted by atomic mass is 16.5. The quantitative estimate of drug-likeness (QED) is 0.511. The molecule has 1 aliphatic rings. The number of hydrogen-bond donors (Lipinski definition) is 0. The van der Waals surface area contributed by atoms with Gasteiger partial charge >= 0.3 is 5.97 Å². The van der Waals surface area contributed by atoms with Crippen LogP contribution in [-0.2, 0) is 11.3 Å². The number of aryl methyl sites for hydroxylation is 2. The maximum atomic E-state index is 12.5. The van der Waals surface area contributed by atoms with Crippen LogP contribution in [0.4, 0.5) is 0 Å². The number of carbonyl (C=O) groups excluding carboxylic acids is 1. The smallest absolute Gasteiger partial charge is 0.338 e. The van der Waals surface area contributed by atoms with Crippen molar-refractivity contribution < 1.29 is 23.5 Å². The second kappa shape index (κ2) is 8.95. The largest absolute Gasteiger partial charge is 0.493 e. The van der Waals surface area contributed by atoms with E-state index in [1.165, 1.54) is 0 Å². The van der Waals surface area contributed by atoms with Gasteiger partial charge in [-0.2, -0.15) is 0 Å². The minimum atomic E-state index is -0.350. The van der Waals surface area contributed by atoms with Gasteiger partial charge in [0.05, 0.1) is 30.5 Å². The topological polar surface area (TPSA) is 70.8 Å². The van der Waals surface area contributed by atoms with Crippen molar-refractivity contribution >= 4 is 5.97 Å². The molecule has 1 aromatic carbocycles. The van der Waals surface area contributed by atoms with Crippen LogP contribution in [0.15, 0.2) is 34.9 Å². The van der Waals surface area contributed by atoms with E-state index in [0.29, 0.717) is 42.1 Å². The number of benzene rings is 1. The lowest BCUT2D eigenvalue weighted by Crippen LogP contribution is -2.21. The highest BCUT2D eigenvalue weighted by Gasteiger charge is 2.21. The van der Waals surface area contributed by atoms with Gasteiger partial charge in [-0.15, -0.1) is 0 Å². The van der Waals surface area contributed by atoms with Gasteiger partial charge in [-0.05, 0) is 56.7 Å². The van der Waals surface area contributed by atoms with Gasteiger partial charge in [-0.3, -0.25) is 0 Å². The molecule has 0 saturated heterocycles. The van der Waals surface area contributed by atoms with Crippen LogP contribution in [0.2, 0.25) is 0 Å². The summed E-state index contributed by atoms with van der Waals surface area (Å²) >= 11 is 0. The average Bonchev–Trinajstić information content (AvgIpc) is 3.03. The Balaban J connectivity index is 1.63. The van der Waals surface area contributed by atoms with Crippen LogP contribution in [0.5, 0.6) is 11.5 Å². The second-order valence-electron chi connectivity index (χ2n) is 7.24. The number of aromatic nitrogens is 1. The predicted molar refractivity (Wildman–Crippen MR) is 105 cm³/mol. The van der Waals surface area contributed by atoms with Crippen LogP contribution in [0, 0.1) is 25.7 Å². The van der Waals surface area contributed by atoms with Gasteiger partial charge in [0.25, 0.3) is 0 Å². The molecule has 1 heterocycles. The Morgan fingerprint density at radius 1 is 1.21 bits per heavy atom. The van der Waals surface area contributed by atoms with Gasteiger partial charge in [0.15, 0.2) is 11.5 Å². The van der Waals surface area contributed by atoms with Gasteiger partial charge in [-0.25, -0.2) is 4.79 Å². The van der Waals surface area contributed by atoms with Crippen LogP contribution >= 0.6 is 0 Å². The van der Waals surface area contributed by atoms with E-state index >= 15 is 0 Å². The van der Waals surface area contributed by atoms with Crippen molar-refractivity contribution in [2.75, 3.05) is 13.7 Å². The third-order valence-corrected chi connectivity index (χ3v) is 5.30. The van der Waals surface area contributed by atoms with Gasteiger partial charge in [0, 0.05) is 0 Å². The standard InChI is InChI=1S/C22H27NO5/c1-14-7-5-6-8-18(14)12-27-22(24)17-9-10-20(21(11-17)25-4)26-13-19-15(2)23-28-16(19)3/h5-6,9-11,14,18H,7-8,12-13H2,1-4H3. The SMILES string of the molecule is COc1cc(C(=O)OCC2CC=CCC2C)ccc1OCc1c(C)noc1C. The molecule has 6 heteroatoms. The lowest BCUT2D eigenvalue weighted by Gasteiger charge is -2.24. The van der Waals surface area contributed by atoms with E-state index in [9.17, 15) is 4.79 Å². The molecule has 0 spiro atoms. The maximum absolute atomic E-state index is 12.5. The van der Waals surface area contributed by atoms with E-state index in [0.717, 1.165) is 29.9 Å². The number of hydrogen-bond acceptors (Lipinski definition) is 6. The summed E-state index contributed by atoms with van der Waals surface area (Å²) in [6.07, 6.45) is 6.33. The van der Waals surface area contributed by atoms with Gasteiger partial charge in [0.1, 0.15) is 12.4 Å². The normalized spacial score (nSPS) is 18.7. The van der Waals surface area contributed by atoms with Gasteiger partial charge in [0.2, 0.25) is 0 Å². The Morgan fingerprint density at radius 2 is 2.00 bits per heavy atom. The fraction of sp³-hybridized carbons (Fsp3) is 0.455. The molecule has 1 aliphatic carbocycles. The van der Waals surface area contributed by atoms with Crippen molar-refractivity contribution in [2.24, 2.45) is 11.8 Å². The van der Waals surface area contributed by atoms with E-state index < -0.39 is 0 Å². The monoisotopic (exact) mass is 385 g/mol. The van der Waals surface area contributed by atoms with Crippen LogP contribution in [0.1, 0.15) is 47.1 Å².